The van der Waals surface area contributed by atoms with Crippen LogP contribution >= 0.6 is 0 Å². The van der Waals surface area contributed by atoms with Crippen molar-refractivity contribution in [3.8, 4) is 0 Å². The Morgan fingerprint density at radius 2 is 1.75 bits per heavy atom. The summed E-state index contributed by atoms with van der Waals surface area (Å²) in [4.78, 5) is 2.75. The fraction of sp³-hybridized carbons (Fsp3) is 0.667. The van der Waals surface area contributed by atoms with Crippen LogP contribution in [0.3, 0.4) is 0 Å². The van der Waals surface area contributed by atoms with Crippen molar-refractivity contribution >= 4 is 10.9 Å². The van der Waals surface area contributed by atoms with E-state index in [-0.39, 0.29) is 5.82 Å². The molecule has 0 amide bonds. The van der Waals surface area contributed by atoms with Crippen LogP contribution in [0.5, 0.6) is 0 Å². The maximum absolute atomic E-state index is 13.8. The van der Waals surface area contributed by atoms with Gasteiger partial charge in [0.15, 0.2) is 0 Å². The zero-order chi connectivity index (χ0) is 19.7. The molecule has 28 heavy (non-hydrogen) atoms. The predicted molar refractivity (Wildman–Crippen MR) is 115 cm³/mol. The molecule has 1 aromatic heterocycles. The molecular formula is C24H36FN3. The largest absolute Gasteiger partial charge is 0.344 e. The maximum atomic E-state index is 13.8. The van der Waals surface area contributed by atoms with E-state index in [1.54, 1.807) is 12.1 Å². The number of nitrogens with zero attached hydrogens (tertiary/aromatic N) is 2. The van der Waals surface area contributed by atoms with E-state index in [4.69, 9.17) is 5.73 Å². The highest BCUT2D eigenvalue weighted by atomic mass is 19.1. The first-order valence-electron chi connectivity index (χ1n) is 11.3. The van der Waals surface area contributed by atoms with E-state index in [1.807, 2.05) is 6.07 Å². The van der Waals surface area contributed by atoms with Crippen molar-refractivity contribution in [2.24, 2.45) is 17.6 Å². The van der Waals surface area contributed by atoms with Crippen molar-refractivity contribution in [1.82, 2.24) is 9.47 Å². The molecule has 1 saturated heterocycles. The lowest BCUT2D eigenvalue weighted by Gasteiger charge is -2.42. The number of benzene rings is 1. The summed E-state index contributed by atoms with van der Waals surface area (Å²) in [6.07, 6.45) is 11.0. The Bertz CT molecular complexity index is 780. The highest BCUT2D eigenvalue weighted by molar-refractivity contribution is 5.84. The second-order valence-electron chi connectivity index (χ2n) is 9.34. The molecule has 0 unspecified atom stereocenters. The van der Waals surface area contributed by atoms with Gasteiger partial charge in [0.2, 0.25) is 0 Å². The molecule has 1 aromatic carbocycles. The van der Waals surface area contributed by atoms with Gasteiger partial charge in [0, 0.05) is 42.3 Å². The van der Waals surface area contributed by atoms with Gasteiger partial charge in [-0.2, -0.15) is 0 Å². The van der Waals surface area contributed by atoms with E-state index in [2.05, 4.69) is 29.5 Å². The predicted octanol–water partition coefficient (Wildman–Crippen LogP) is 5.13. The molecular weight excluding hydrogens is 349 g/mol. The van der Waals surface area contributed by atoms with Crippen LogP contribution in [-0.2, 0) is 6.42 Å². The Morgan fingerprint density at radius 3 is 2.39 bits per heavy atom. The van der Waals surface area contributed by atoms with Gasteiger partial charge in [0.1, 0.15) is 5.82 Å². The molecule has 154 valence electrons. The molecule has 2 heterocycles. The molecule has 1 aliphatic heterocycles. The standard InChI is InChI=1S/C24H36FN3/c1-17(2)18-3-6-21(7-4-18)27-13-10-22(11-14-27)28-16-19(9-12-26)23-15-20(25)5-8-24(23)28/h5,8,15-18,21-22H,3-4,6-7,9-14,26H2,1-2H3. The van der Waals surface area contributed by atoms with E-state index in [9.17, 15) is 4.39 Å². The van der Waals surface area contributed by atoms with Crippen molar-refractivity contribution in [2.75, 3.05) is 19.6 Å². The van der Waals surface area contributed by atoms with Crippen LogP contribution in [0.4, 0.5) is 4.39 Å². The lowest BCUT2D eigenvalue weighted by molar-refractivity contribution is 0.0894. The van der Waals surface area contributed by atoms with Crippen molar-refractivity contribution < 1.29 is 4.39 Å². The molecule has 0 spiro atoms. The van der Waals surface area contributed by atoms with Gasteiger partial charge in [-0.1, -0.05) is 13.8 Å². The smallest absolute Gasteiger partial charge is 0.123 e. The van der Waals surface area contributed by atoms with Crippen molar-refractivity contribution in [3.05, 3.63) is 35.8 Å². The number of aromatic nitrogens is 1. The van der Waals surface area contributed by atoms with Gasteiger partial charge in [-0.3, -0.25) is 0 Å². The van der Waals surface area contributed by atoms with Gasteiger partial charge in [0.05, 0.1) is 0 Å². The van der Waals surface area contributed by atoms with Crippen molar-refractivity contribution in [3.63, 3.8) is 0 Å². The summed E-state index contributed by atoms with van der Waals surface area (Å²) in [5, 5.41) is 1.04. The van der Waals surface area contributed by atoms with E-state index in [0.29, 0.717) is 12.6 Å². The van der Waals surface area contributed by atoms with Crippen LogP contribution in [0.1, 0.15) is 64.0 Å². The summed E-state index contributed by atoms with van der Waals surface area (Å²) < 4.78 is 16.2. The zero-order valence-corrected chi connectivity index (χ0v) is 17.5. The number of nitrogens with two attached hydrogens (primary N) is 1. The Kier molecular flexibility index (Phi) is 6.07. The second kappa shape index (κ2) is 8.54. The number of hydrogen-bond donors (Lipinski definition) is 1. The van der Waals surface area contributed by atoms with Gasteiger partial charge in [-0.25, -0.2) is 4.39 Å². The third-order valence-corrected chi connectivity index (χ3v) is 7.38. The van der Waals surface area contributed by atoms with Crippen molar-refractivity contribution in [2.45, 2.75) is 70.9 Å². The van der Waals surface area contributed by atoms with Crippen LogP contribution in [0.15, 0.2) is 24.4 Å². The molecule has 2 fully saturated rings. The monoisotopic (exact) mass is 385 g/mol. The maximum Gasteiger partial charge on any atom is 0.123 e. The van der Waals surface area contributed by atoms with E-state index < -0.39 is 0 Å². The fourth-order valence-corrected chi connectivity index (χ4v) is 5.62. The van der Waals surface area contributed by atoms with E-state index in [1.165, 1.54) is 62.7 Å². The minimum Gasteiger partial charge on any atom is -0.344 e. The Balaban J connectivity index is 1.43. The third kappa shape index (κ3) is 3.99. The molecule has 2 aliphatic rings. The highest BCUT2D eigenvalue weighted by Crippen LogP contribution is 2.36. The zero-order valence-electron chi connectivity index (χ0n) is 17.5. The van der Waals surface area contributed by atoms with Crippen LogP contribution in [0, 0.1) is 17.7 Å². The van der Waals surface area contributed by atoms with E-state index in [0.717, 1.165) is 29.7 Å². The number of rotatable bonds is 5. The summed E-state index contributed by atoms with van der Waals surface area (Å²) in [6, 6.07) is 6.53. The molecule has 1 saturated carbocycles. The van der Waals surface area contributed by atoms with Gasteiger partial charge < -0.3 is 15.2 Å². The number of piperidine rings is 1. The molecule has 0 bridgehead atoms. The highest BCUT2D eigenvalue weighted by Gasteiger charge is 2.30. The minimum atomic E-state index is -0.157. The summed E-state index contributed by atoms with van der Waals surface area (Å²) >= 11 is 0. The minimum absolute atomic E-state index is 0.157. The van der Waals surface area contributed by atoms with Gasteiger partial charge >= 0.3 is 0 Å². The quantitative estimate of drug-likeness (QED) is 0.774. The Labute approximate surface area is 169 Å². The topological polar surface area (TPSA) is 34.2 Å². The third-order valence-electron chi connectivity index (χ3n) is 7.38. The summed E-state index contributed by atoms with van der Waals surface area (Å²) in [7, 11) is 0. The second-order valence-corrected chi connectivity index (χ2v) is 9.34. The molecule has 0 radical (unpaired) electrons. The summed E-state index contributed by atoms with van der Waals surface area (Å²) in [5.74, 6) is 1.61. The van der Waals surface area contributed by atoms with Gasteiger partial charge in [-0.05, 0) is 87.1 Å². The average Bonchev–Trinajstić information content (AvgIpc) is 3.06. The SMILES string of the molecule is CC(C)C1CCC(N2CCC(n3cc(CCN)c4cc(F)ccc43)CC2)CC1. The number of hydrogen-bond acceptors (Lipinski definition) is 2. The van der Waals surface area contributed by atoms with Crippen LogP contribution in [-0.4, -0.2) is 35.1 Å². The number of fused-ring (bicyclic) bond motifs is 1. The fourth-order valence-electron chi connectivity index (χ4n) is 5.62. The number of likely N-dealkylation sites (tertiary alicyclic amines) is 1. The van der Waals surface area contributed by atoms with Crippen LogP contribution in [0.2, 0.25) is 0 Å². The van der Waals surface area contributed by atoms with E-state index >= 15 is 0 Å². The van der Waals surface area contributed by atoms with Gasteiger partial charge in [0.25, 0.3) is 0 Å². The average molecular weight is 386 g/mol. The van der Waals surface area contributed by atoms with Gasteiger partial charge in [-0.15, -0.1) is 0 Å². The molecule has 0 atom stereocenters. The molecule has 1 aliphatic carbocycles. The molecule has 4 rings (SSSR count). The Hall–Kier alpha value is -1.39. The molecule has 2 N–H and O–H groups in total. The lowest BCUT2D eigenvalue weighted by atomic mass is 9.79. The first-order valence-corrected chi connectivity index (χ1v) is 11.3. The summed E-state index contributed by atoms with van der Waals surface area (Å²) in [5.41, 5.74) is 8.15. The number of halogens is 1. The normalized spacial score (nSPS) is 25.0. The van der Waals surface area contributed by atoms with Crippen LogP contribution < -0.4 is 5.73 Å². The lowest BCUT2D eigenvalue weighted by Crippen LogP contribution is -2.43. The van der Waals surface area contributed by atoms with Crippen LogP contribution in [0.25, 0.3) is 10.9 Å². The summed E-state index contributed by atoms with van der Waals surface area (Å²) in [6.45, 7) is 7.74. The first kappa shape index (κ1) is 19.9. The first-order chi connectivity index (χ1) is 13.6. The Morgan fingerprint density at radius 1 is 1.04 bits per heavy atom. The molecule has 3 nitrogen and oxygen atoms in total. The molecule has 2 aromatic rings. The van der Waals surface area contributed by atoms with Crippen molar-refractivity contribution in [1.29, 1.82) is 0 Å². The molecule has 4 heteroatoms.